The van der Waals surface area contributed by atoms with Crippen molar-refractivity contribution < 1.29 is 18.0 Å². The van der Waals surface area contributed by atoms with Gasteiger partial charge in [-0.25, -0.2) is 0 Å². The fraction of sp³-hybridized carbons (Fsp3) is 0.769. The molecule has 5 heteroatoms. The minimum absolute atomic E-state index is 0.0746. The van der Waals surface area contributed by atoms with E-state index < -0.39 is 18.0 Å². The van der Waals surface area contributed by atoms with Crippen LogP contribution in [0.3, 0.4) is 0 Å². The lowest BCUT2D eigenvalue weighted by Gasteiger charge is -2.29. The predicted octanol–water partition coefficient (Wildman–Crippen LogP) is 2.88. The summed E-state index contributed by atoms with van der Waals surface area (Å²) < 4.78 is 37.7. The Balaban J connectivity index is 2.40. The summed E-state index contributed by atoms with van der Waals surface area (Å²) in [5.74, 6) is 3.41. The first-order valence-corrected chi connectivity index (χ1v) is 6.19. The summed E-state index contributed by atoms with van der Waals surface area (Å²) in [5.41, 5.74) is 0. The van der Waals surface area contributed by atoms with Crippen LogP contribution in [0.2, 0.25) is 0 Å². The van der Waals surface area contributed by atoms with Crippen molar-refractivity contribution in [3.63, 3.8) is 0 Å². The van der Waals surface area contributed by atoms with Crippen LogP contribution >= 0.6 is 0 Å². The lowest BCUT2D eigenvalue weighted by molar-refractivity contribution is -0.186. The molecule has 0 aliphatic heterocycles. The van der Waals surface area contributed by atoms with Gasteiger partial charge in [0.1, 0.15) is 0 Å². The number of carbonyl (C=O) groups is 1. The minimum atomic E-state index is -4.17. The SMILES string of the molecule is CC#CCCNC(=O)C1CCCC(C(F)(F)F)C1. The number of hydrogen-bond acceptors (Lipinski definition) is 1. The number of alkyl halides is 3. The van der Waals surface area contributed by atoms with Gasteiger partial charge in [-0.05, 0) is 26.2 Å². The Morgan fingerprint density at radius 2 is 2.11 bits per heavy atom. The Morgan fingerprint density at radius 1 is 1.39 bits per heavy atom. The minimum Gasteiger partial charge on any atom is -0.355 e. The van der Waals surface area contributed by atoms with E-state index in [1.807, 2.05) is 0 Å². The number of amides is 1. The highest BCUT2D eigenvalue weighted by atomic mass is 19.4. The molecule has 1 aliphatic rings. The smallest absolute Gasteiger partial charge is 0.355 e. The molecule has 0 aromatic rings. The molecule has 102 valence electrons. The summed E-state index contributed by atoms with van der Waals surface area (Å²) in [4.78, 5) is 11.7. The maximum Gasteiger partial charge on any atom is 0.391 e. The van der Waals surface area contributed by atoms with E-state index in [0.29, 0.717) is 25.8 Å². The average Bonchev–Trinajstić information content (AvgIpc) is 2.33. The van der Waals surface area contributed by atoms with Crippen LogP contribution in [0.1, 0.15) is 39.0 Å². The van der Waals surface area contributed by atoms with Gasteiger partial charge < -0.3 is 5.32 Å². The van der Waals surface area contributed by atoms with Crippen LogP contribution in [0, 0.1) is 23.7 Å². The summed E-state index contributed by atoms with van der Waals surface area (Å²) >= 11 is 0. The molecule has 2 unspecified atom stereocenters. The van der Waals surface area contributed by atoms with Gasteiger partial charge in [0.15, 0.2) is 0 Å². The molecular weight excluding hydrogens is 243 g/mol. The molecule has 0 radical (unpaired) electrons. The second-order valence-corrected chi connectivity index (χ2v) is 4.57. The van der Waals surface area contributed by atoms with Gasteiger partial charge in [0.2, 0.25) is 5.91 Å². The summed E-state index contributed by atoms with van der Waals surface area (Å²) in [7, 11) is 0. The summed E-state index contributed by atoms with van der Waals surface area (Å²) in [6, 6.07) is 0. The van der Waals surface area contributed by atoms with Gasteiger partial charge in [0.05, 0.1) is 5.92 Å². The second kappa shape index (κ2) is 6.67. The quantitative estimate of drug-likeness (QED) is 0.614. The van der Waals surface area contributed by atoms with Gasteiger partial charge in [-0.3, -0.25) is 4.79 Å². The van der Waals surface area contributed by atoms with E-state index in [4.69, 9.17) is 0 Å². The van der Waals surface area contributed by atoms with Gasteiger partial charge in [0, 0.05) is 18.9 Å². The largest absolute Gasteiger partial charge is 0.391 e. The molecule has 2 nitrogen and oxygen atoms in total. The van der Waals surface area contributed by atoms with Crippen LogP contribution in [0.15, 0.2) is 0 Å². The van der Waals surface area contributed by atoms with Crippen molar-refractivity contribution in [1.82, 2.24) is 5.32 Å². The van der Waals surface area contributed by atoms with Crippen molar-refractivity contribution in [3.8, 4) is 11.8 Å². The molecule has 0 aromatic heterocycles. The van der Waals surface area contributed by atoms with E-state index in [1.54, 1.807) is 6.92 Å². The van der Waals surface area contributed by atoms with Crippen molar-refractivity contribution in [2.45, 2.75) is 45.2 Å². The number of carbonyl (C=O) groups excluding carboxylic acids is 1. The van der Waals surface area contributed by atoms with Gasteiger partial charge in [-0.1, -0.05) is 6.42 Å². The van der Waals surface area contributed by atoms with Crippen LogP contribution in [0.25, 0.3) is 0 Å². The molecule has 0 heterocycles. The monoisotopic (exact) mass is 261 g/mol. The van der Waals surface area contributed by atoms with Gasteiger partial charge in [-0.2, -0.15) is 13.2 Å². The average molecular weight is 261 g/mol. The van der Waals surface area contributed by atoms with Crippen LogP contribution in [0.4, 0.5) is 13.2 Å². The normalized spacial score (nSPS) is 24.0. The first-order valence-electron chi connectivity index (χ1n) is 6.19. The molecule has 1 saturated carbocycles. The van der Waals surface area contributed by atoms with E-state index in [1.165, 1.54) is 0 Å². The van der Waals surface area contributed by atoms with Crippen molar-refractivity contribution in [3.05, 3.63) is 0 Å². The summed E-state index contributed by atoms with van der Waals surface area (Å²) in [6.45, 7) is 2.11. The number of hydrogen-bond donors (Lipinski definition) is 1. The fourth-order valence-electron chi connectivity index (χ4n) is 2.24. The molecular formula is C13H18F3NO. The van der Waals surface area contributed by atoms with Crippen LogP contribution in [-0.4, -0.2) is 18.6 Å². The molecule has 1 fully saturated rings. The number of halogens is 3. The highest BCUT2D eigenvalue weighted by molar-refractivity contribution is 5.78. The number of rotatable bonds is 3. The molecule has 18 heavy (non-hydrogen) atoms. The second-order valence-electron chi connectivity index (χ2n) is 4.57. The van der Waals surface area contributed by atoms with E-state index in [9.17, 15) is 18.0 Å². The van der Waals surface area contributed by atoms with Gasteiger partial charge in [0.25, 0.3) is 0 Å². The number of nitrogens with one attached hydrogen (secondary N) is 1. The van der Waals surface area contributed by atoms with Crippen molar-refractivity contribution in [2.24, 2.45) is 11.8 Å². The van der Waals surface area contributed by atoms with E-state index in [2.05, 4.69) is 17.2 Å². The summed E-state index contributed by atoms with van der Waals surface area (Å²) in [5, 5.41) is 2.65. The van der Waals surface area contributed by atoms with E-state index in [0.717, 1.165) is 0 Å². The van der Waals surface area contributed by atoms with Crippen LogP contribution in [-0.2, 0) is 4.79 Å². The Hall–Kier alpha value is -1.18. The fourth-order valence-corrected chi connectivity index (χ4v) is 2.24. The van der Waals surface area contributed by atoms with Crippen molar-refractivity contribution >= 4 is 5.91 Å². The lowest BCUT2D eigenvalue weighted by Crippen LogP contribution is -2.37. The zero-order valence-electron chi connectivity index (χ0n) is 10.4. The molecule has 1 amide bonds. The Labute approximate surface area is 105 Å². The third kappa shape index (κ3) is 4.59. The zero-order valence-corrected chi connectivity index (χ0v) is 10.4. The van der Waals surface area contributed by atoms with Gasteiger partial charge >= 0.3 is 6.18 Å². The van der Waals surface area contributed by atoms with E-state index >= 15 is 0 Å². The zero-order chi connectivity index (χ0) is 13.6. The first kappa shape index (κ1) is 14.9. The third-order valence-corrected chi connectivity index (χ3v) is 3.23. The van der Waals surface area contributed by atoms with Crippen molar-refractivity contribution in [1.29, 1.82) is 0 Å². The molecule has 1 rings (SSSR count). The Kier molecular flexibility index (Phi) is 5.52. The molecule has 0 aromatic carbocycles. The topological polar surface area (TPSA) is 29.1 Å². The molecule has 0 spiro atoms. The molecule has 0 saturated heterocycles. The maximum absolute atomic E-state index is 12.6. The highest BCUT2D eigenvalue weighted by Crippen LogP contribution is 2.39. The molecule has 2 atom stereocenters. The van der Waals surface area contributed by atoms with Crippen molar-refractivity contribution in [2.75, 3.05) is 6.54 Å². The van der Waals surface area contributed by atoms with E-state index in [-0.39, 0.29) is 18.7 Å². The highest BCUT2D eigenvalue weighted by Gasteiger charge is 2.43. The molecule has 1 aliphatic carbocycles. The maximum atomic E-state index is 12.6. The van der Waals surface area contributed by atoms with Gasteiger partial charge in [-0.15, -0.1) is 11.8 Å². The Bertz CT molecular complexity index is 340. The third-order valence-electron chi connectivity index (χ3n) is 3.23. The predicted molar refractivity (Wildman–Crippen MR) is 62.6 cm³/mol. The molecule has 0 bridgehead atoms. The molecule has 1 N–H and O–H groups in total. The van der Waals surface area contributed by atoms with Crippen LogP contribution in [0.5, 0.6) is 0 Å². The standard InChI is InChI=1S/C13H18F3NO/c1-2-3-4-8-17-12(18)10-6-5-7-11(9-10)13(14,15)16/h10-11H,4-9H2,1H3,(H,17,18). The summed E-state index contributed by atoms with van der Waals surface area (Å²) in [6.07, 6.45) is -2.54. The van der Waals surface area contributed by atoms with Crippen LogP contribution < -0.4 is 5.32 Å². The lowest BCUT2D eigenvalue weighted by atomic mass is 9.80. The Morgan fingerprint density at radius 3 is 2.72 bits per heavy atom. The first-order chi connectivity index (χ1) is 8.45.